The predicted octanol–water partition coefficient (Wildman–Crippen LogP) is 6.48. The molecule has 0 fully saturated rings. The van der Waals surface area contributed by atoms with Crippen molar-refractivity contribution in [2.24, 2.45) is 0 Å². The molecule has 0 aliphatic carbocycles. The largest absolute Gasteiger partial charge is 0.497 e. The van der Waals surface area contributed by atoms with Gasteiger partial charge in [0.1, 0.15) is 5.75 Å². The number of anilines is 4. The average Bonchev–Trinajstić information content (AvgIpc) is 2.90. The Morgan fingerprint density at radius 3 is 2.33 bits per heavy atom. The van der Waals surface area contributed by atoms with Crippen LogP contribution in [0.5, 0.6) is 11.5 Å². The first-order chi connectivity index (χ1) is 17.6. The van der Waals surface area contributed by atoms with Crippen molar-refractivity contribution < 1.29 is 14.4 Å². The number of hydrogen-bond donors (Lipinski definition) is 3. The van der Waals surface area contributed by atoms with Gasteiger partial charge in [0.15, 0.2) is 11.6 Å². The number of para-hydroxylation sites is 2. The highest BCUT2D eigenvalue weighted by Crippen LogP contribution is 2.29. The van der Waals surface area contributed by atoms with Gasteiger partial charge in [-0.2, -0.15) is 0 Å². The lowest BCUT2D eigenvalue weighted by Gasteiger charge is -2.15. The molecule has 0 spiro atoms. The molecular weight excluding hydrogens is 454 g/mol. The van der Waals surface area contributed by atoms with E-state index in [-0.39, 0.29) is 5.91 Å². The van der Waals surface area contributed by atoms with Crippen molar-refractivity contribution in [3.05, 3.63) is 72.3 Å². The summed E-state index contributed by atoms with van der Waals surface area (Å²) in [6.07, 6.45) is 3.19. The van der Waals surface area contributed by atoms with Crippen molar-refractivity contribution in [1.82, 2.24) is 9.97 Å². The zero-order valence-corrected chi connectivity index (χ0v) is 20.8. The number of nitrogens with one attached hydrogen (secondary N) is 3. The molecule has 0 saturated heterocycles. The number of fused-ring (bicyclic) bond motifs is 1. The van der Waals surface area contributed by atoms with E-state index in [2.05, 4.69) is 36.0 Å². The van der Waals surface area contributed by atoms with Crippen LogP contribution in [-0.4, -0.2) is 23.0 Å². The van der Waals surface area contributed by atoms with Crippen molar-refractivity contribution in [3.8, 4) is 11.5 Å². The Balaban J connectivity index is 1.57. The van der Waals surface area contributed by atoms with Crippen LogP contribution in [0.15, 0.2) is 66.7 Å². The van der Waals surface area contributed by atoms with E-state index in [4.69, 9.17) is 19.5 Å². The van der Waals surface area contributed by atoms with Gasteiger partial charge >= 0.3 is 0 Å². The van der Waals surface area contributed by atoms with Gasteiger partial charge in [0.25, 0.3) is 0 Å². The monoisotopic (exact) mass is 485 g/mol. The zero-order valence-electron chi connectivity index (χ0n) is 20.8. The summed E-state index contributed by atoms with van der Waals surface area (Å²) in [7, 11) is 1.65. The number of aryl methyl sites for hydroxylation is 1. The van der Waals surface area contributed by atoms with E-state index < -0.39 is 0 Å². The van der Waals surface area contributed by atoms with Crippen LogP contribution in [0.25, 0.3) is 11.0 Å². The maximum Gasteiger partial charge on any atom is 0.224 e. The minimum atomic E-state index is -0.0152. The smallest absolute Gasteiger partial charge is 0.224 e. The first-order valence-corrected chi connectivity index (χ1v) is 12.1. The molecule has 0 aliphatic heterocycles. The van der Waals surface area contributed by atoms with Crippen LogP contribution in [0.3, 0.4) is 0 Å². The van der Waals surface area contributed by atoms with Crippen molar-refractivity contribution in [2.75, 3.05) is 23.2 Å². The van der Waals surface area contributed by atoms with Crippen LogP contribution in [0, 0.1) is 0 Å². The van der Waals surface area contributed by atoms with E-state index in [9.17, 15) is 4.79 Å². The average molecular weight is 486 g/mol. The van der Waals surface area contributed by atoms with Gasteiger partial charge in [0.05, 0.1) is 18.1 Å². The summed E-state index contributed by atoms with van der Waals surface area (Å²) < 4.78 is 5.45. The second-order valence-corrected chi connectivity index (χ2v) is 8.34. The van der Waals surface area contributed by atoms with Gasteiger partial charge in [-0.1, -0.05) is 38.5 Å². The summed E-state index contributed by atoms with van der Waals surface area (Å²) in [6, 6.07) is 20.8. The van der Waals surface area contributed by atoms with Gasteiger partial charge in [-0.3, -0.25) is 4.79 Å². The molecule has 0 aliphatic rings. The van der Waals surface area contributed by atoms with Gasteiger partial charge < -0.3 is 20.2 Å². The summed E-state index contributed by atoms with van der Waals surface area (Å²) in [5.74, 6) is 2.20. The highest BCUT2D eigenvalue weighted by atomic mass is 16.6. The normalized spacial score (nSPS) is 10.6. The molecule has 0 radical (unpaired) electrons. The van der Waals surface area contributed by atoms with E-state index in [1.54, 1.807) is 19.2 Å². The van der Waals surface area contributed by atoms with Crippen LogP contribution in [0.2, 0.25) is 0 Å². The Kier molecular flexibility index (Phi) is 8.18. The van der Waals surface area contributed by atoms with Gasteiger partial charge in [-0.25, -0.2) is 15.4 Å². The minimum Gasteiger partial charge on any atom is -0.497 e. The Labute approximate surface area is 211 Å². The molecule has 8 nitrogen and oxygen atoms in total. The van der Waals surface area contributed by atoms with E-state index in [0.717, 1.165) is 47.3 Å². The lowest BCUT2D eigenvalue weighted by molar-refractivity contribution is -0.116. The van der Waals surface area contributed by atoms with Crippen LogP contribution in [0.1, 0.15) is 38.7 Å². The molecule has 0 unspecified atom stereocenters. The fourth-order valence-corrected chi connectivity index (χ4v) is 3.66. The number of hydrogen-bond acceptors (Lipinski definition) is 7. The van der Waals surface area contributed by atoms with Crippen molar-refractivity contribution in [1.29, 1.82) is 0 Å². The van der Waals surface area contributed by atoms with Crippen LogP contribution in [0.4, 0.5) is 23.0 Å². The summed E-state index contributed by atoms with van der Waals surface area (Å²) >= 11 is 0. The second kappa shape index (κ2) is 11.9. The Morgan fingerprint density at radius 2 is 1.61 bits per heavy atom. The molecule has 36 heavy (non-hydrogen) atoms. The number of rotatable bonds is 11. The number of carbonyl (C=O) groups excluding carboxylic acids is 1. The number of methoxy groups -OCH3 is 1. The summed E-state index contributed by atoms with van der Waals surface area (Å²) in [5.41, 5.74) is 7.04. The third-order valence-corrected chi connectivity index (χ3v) is 5.58. The zero-order chi connectivity index (χ0) is 25.3. The van der Waals surface area contributed by atoms with E-state index in [1.807, 2.05) is 48.5 Å². The van der Waals surface area contributed by atoms with Crippen LogP contribution in [-0.2, 0) is 11.2 Å². The Morgan fingerprint density at radius 1 is 0.861 bits per heavy atom. The minimum absolute atomic E-state index is 0.0152. The maximum absolute atomic E-state index is 12.1. The molecule has 3 N–H and O–H groups in total. The number of unbranched alkanes of at least 4 members (excludes halogenated alkanes) is 1. The third kappa shape index (κ3) is 6.41. The molecule has 4 aromatic rings. The van der Waals surface area contributed by atoms with Crippen LogP contribution >= 0.6 is 0 Å². The van der Waals surface area contributed by atoms with E-state index in [0.29, 0.717) is 29.5 Å². The number of ether oxygens (including phenoxy) is 1. The lowest BCUT2D eigenvalue weighted by Crippen LogP contribution is -2.12. The molecule has 8 heteroatoms. The number of nitrogens with zero attached hydrogens (tertiary/aromatic N) is 2. The molecule has 0 atom stereocenters. The molecule has 1 aromatic heterocycles. The van der Waals surface area contributed by atoms with Crippen molar-refractivity contribution in [3.63, 3.8) is 0 Å². The Bertz CT molecular complexity index is 1320. The number of amides is 1. The first kappa shape index (κ1) is 24.8. The molecule has 0 saturated carbocycles. The lowest BCUT2D eigenvalue weighted by atomic mass is 10.1. The molecule has 3 aromatic carbocycles. The standard InChI is InChI=1S/C28H31N5O3/c1-4-6-14-26(34)29-20-10-9-11-22(17-20)36-33-28-27(31-24-12-7-8-13-25(24)32-28)30-21-15-19(5-2)16-23(18-21)35-3/h7-13,15-18H,4-6,14H2,1-3H3,(H,29,34)(H,30,31)(H,32,33). The molecule has 1 amide bonds. The molecule has 186 valence electrons. The summed E-state index contributed by atoms with van der Waals surface area (Å²) in [6.45, 7) is 4.15. The first-order valence-electron chi connectivity index (χ1n) is 12.1. The second-order valence-electron chi connectivity index (χ2n) is 8.34. The summed E-state index contributed by atoms with van der Waals surface area (Å²) in [4.78, 5) is 27.4. The fraction of sp³-hybridized carbons (Fsp3) is 0.250. The fourth-order valence-electron chi connectivity index (χ4n) is 3.66. The number of aromatic nitrogens is 2. The van der Waals surface area contributed by atoms with Crippen molar-refractivity contribution in [2.45, 2.75) is 39.5 Å². The van der Waals surface area contributed by atoms with E-state index >= 15 is 0 Å². The highest BCUT2D eigenvalue weighted by molar-refractivity contribution is 5.90. The van der Waals surface area contributed by atoms with Gasteiger partial charge in [-0.05, 0) is 54.8 Å². The van der Waals surface area contributed by atoms with Crippen LogP contribution < -0.4 is 25.7 Å². The van der Waals surface area contributed by atoms with E-state index in [1.165, 1.54) is 0 Å². The topological polar surface area (TPSA) is 97.4 Å². The molecule has 0 bridgehead atoms. The van der Waals surface area contributed by atoms with Gasteiger partial charge in [-0.15, -0.1) is 0 Å². The maximum atomic E-state index is 12.1. The molecule has 4 rings (SSSR count). The SMILES string of the molecule is CCCCC(=O)Nc1cccc(ONc2nc3ccccc3nc2Nc2cc(CC)cc(OC)c2)c1. The Hall–Kier alpha value is -4.33. The predicted molar refractivity (Wildman–Crippen MR) is 144 cm³/mol. The quantitative estimate of drug-likeness (QED) is 0.209. The molecular formula is C28H31N5O3. The third-order valence-electron chi connectivity index (χ3n) is 5.58. The number of benzene rings is 3. The van der Waals surface area contributed by atoms with Crippen molar-refractivity contribution >= 4 is 40.0 Å². The molecule has 1 heterocycles. The van der Waals surface area contributed by atoms with Gasteiger partial charge in [0, 0.05) is 29.9 Å². The number of carbonyl (C=O) groups is 1. The summed E-state index contributed by atoms with van der Waals surface area (Å²) in [5, 5.41) is 6.26. The highest BCUT2D eigenvalue weighted by Gasteiger charge is 2.12. The van der Waals surface area contributed by atoms with Gasteiger partial charge in [0.2, 0.25) is 11.7 Å².